The topological polar surface area (TPSA) is 34.1 Å². The molecule has 0 N–H and O–H groups in total. The average molecular weight is 435 g/mol. The van der Waals surface area contributed by atoms with E-state index in [2.05, 4.69) is 36.4 Å². The van der Waals surface area contributed by atoms with E-state index < -0.39 is 0 Å². The van der Waals surface area contributed by atoms with Crippen molar-refractivity contribution in [1.82, 2.24) is 0 Å². The van der Waals surface area contributed by atoms with Gasteiger partial charge in [-0.1, -0.05) is 84.4 Å². The van der Waals surface area contributed by atoms with Crippen LogP contribution in [0.15, 0.2) is 91.0 Å². The van der Waals surface area contributed by atoms with Crippen LogP contribution in [0.1, 0.15) is 31.8 Å². The first-order chi connectivity index (χ1) is 15.7. The van der Waals surface area contributed by atoms with E-state index in [4.69, 9.17) is 11.6 Å². The maximum atomic E-state index is 11.8. The number of hydrogen-bond donors (Lipinski definition) is 0. The third-order valence-corrected chi connectivity index (χ3v) is 6.13. The molecule has 0 spiro atoms. The number of halogens is 1. The summed E-state index contributed by atoms with van der Waals surface area (Å²) < 4.78 is 0. The predicted molar refractivity (Wildman–Crippen MR) is 132 cm³/mol. The van der Waals surface area contributed by atoms with E-state index >= 15 is 0 Å². The highest BCUT2D eigenvalue weighted by molar-refractivity contribution is 6.31. The Morgan fingerprint density at radius 2 is 1.22 bits per heavy atom. The van der Waals surface area contributed by atoms with E-state index in [-0.39, 0.29) is 0 Å². The van der Waals surface area contributed by atoms with Gasteiger partial charge in [0.2, 0.25) is 0 Å². The molecule has 3 heteroatoms. The highest BCUT2D eigenvalue weighted by Gasteiger charge is 2.10. The van der Waals surface area contributed by atoms with Crippen molar-refractivity contribution in [2.24, 2.45) is 0 Å². The Morgan fingerprint density at radius 3 is 2.00 bits per heavy atom. The summed E-state index contributed by atoms with van der Waals surface area (Å²) in [4.78, 5) is 23.2. The smallest absolute Gasteiger partial charge is 0.150 e. The first kappa shape index (κ1) is 20.2. The number of aldehydes is 2. The molecule has 0 aliphatic rings. The molecule has 0 atom stereocenters. The minimum atomic E-state index is 0.575. The van der Waals surface area contributed by atoms with Gasteiger partial charge in [-0.15, -0.1) is 0 Å². The minimum absolute atomic E-state index is 0.575. The lowest BCUT2D eigenvalue weighted by Gasteiger charge is -2.11. The molecule has 0 aromatic heterocycles. The van der Waals surface area contributed by atoms with E-state index in [1.165, 1.54) is 21.7 Å². The molecule has 0 aliphatic carbocycles. The van der Waals surface area contributed by atoms with Gasteiger partial charge in [0.15, 0.2) is 12.6 Å². The Labute approximate surface area is 191 Å². The van der Waals surface area contributed by atoms with Crippen LogP contribution in [0.2, 0.25) is 5.02 Å². The van der Waals surface area contributed by atoms with Crippen molar-refractivity contribution >= 4 is 45.7 Å². The quantitative estimate of drug-likeness (QED) is 0.211. The molecule has 0 saturated heterocycles. The third-order valence-electron chi connectivity index (χ3n) is 5.89. The van der Waals surface area contributed by atoms with E-state index in [0.29, 0.717) is 17.5 Å². The molecule has 0 amide bonds. The van der Waals surface area contributed by atoms with E-state index in [1.807, 2.05) is 48.5 Å². The molecule has 0 aliphatic heterocycles. The Morgan fingerprint density at radius 1 is 0.594 bits per heavy atom. The second kappa shape index (κ2) is 8.41. The lowest BCUT2D eigenvalue weighted by Crippen LogP contribution is -1.96. The lowest BCUT2D eigenvalue weighted by molar-refractivity contribution is 0.111. The van der Waals surface area contributed by atoms with Gasteiger partial charge in [-0.05, 0) is 68.4 Å². The molecule has 0 unspecified atom stereocenters. The molecular weight excluding hydrogens is 416 g/mol. The molecular formula is C29H19ClO2. The van der Waals surface area contributed by atoms with Gasteiger partial charge in [0.1, 0.15) is 0 Å². The summed E-state index contributed by atoms with van der Waals surface area (Å²) in [6, 6.07) is 29.8. The second-order valence-electron chi connectivity index (χ2n) is 7.91. The summed E-state index contributed by atoms with van der Waals surface area (Å²) in [5.74, 6) is 0. The standard InChI is InChI=1S/C29H19ClO2/c30-25-9-12-28-22(16-25)8-7-21-14-19(5-10-27(21)28)13-20-6-11-29(24(15-20)18-32)26-4-2-1-3-23(26)17-31/h1-12,14-18H,13H2. The van der Waals surface area contributed by atoms with Gasteiger partial charge in [-0.3, -0.25) is 9.59 Å². The van der Waals surface area contributed by atoms with Gasteiger partial charge in [0, 0.05) is 16.1 Å². The maximum absolute atomic E-state index is 11.8. The van der Waals surface area contributed by atoms with Crippen LogP contribution in [0.4, 0.5) is 0 Å². The predicted octanol–water partition coefficient (Wildman–Crippen LogP) is 7.53. The Bertz CT molecular complexity index is 1500. The van der Waals surface area contributed by atoms with E-state index in [9.17, 15) is 9.59 Å². The van der Waals surface area contributed by atoms with Crippen LogP contribution in [0.5, 0.6) is 0 Å². The monoisotopic (exact) mass is 434 g/mol. The Balaban J connectivity index is 1.51. The van der Waals surface area contributed by atoms with Crippen LogP contribution in [-0.4, -0.2) is 12.6 Å². The van der Waals surface area contributed by atoms with Gasteiger partial charge in [-0.25, -0.2) is 0 Å². The van der Waals surface area contributed by atoms with Gasteiger partial charge < -0.3 is 0 Å². The highest BCUT2D eigenvalue weighted by Crippen LogP contribution is 2.30. The SMILES string of the molecule is O=Cc1ccccc1-c1ccc(Cc2ccc3c(ccc4cc(Cl)ccc43)c2)cc1C=O. The van der Waals surface area contributed by atoms with Crippen LogP contribution in [0.25, 0.3) is 32.7 Å². The van der Waals surface area contributed by atoms with Gasteiger partial charge >= 0.3 is 0 Å². The van der Waals surface area contributed by atoms with Crippen LogP contribution in [0.3, 0.4) is 0 Å². The van der Waals surface area contributed by atoms with Crippen LogP contribution >= 0.6 is 11.6 Å². The fourth-order valence-electron chi connectivity index (χ4n) is 4.35. The molecule has 0 heterocycles. The summed E-state index contributed by atoms with van der Waals surface area (Å²) in [5.41, 5.74) is 4.92. The van der Waals surface area contributed by atoms with Crippen LogP contribution in [0, 0.1) is 0 Å². The van der Waals surface area contributed by atoms with Crippen molar-refractivity contribution in [2.75, 3.05) is 0 Å². The second-order valence-corrected chi connectivity index (χ2v) is 8.34. The maximum Gasteiger partial charge on any atom is 0.150 e. The summed E-state index contributed by atoms with van der Waals surface area (Å²) >= 11 is 6.14. The average Bonchev–Trinajstić information content (AvgIpc) is 2.83. The van der Waals surface area contributed by atoms with Crippen molar-refractivity contribution in [3.63, 3.8) is 0 Å². The Hall–Kier alpha value is -3.75. The van der Waals surface area contributed by atoms with Crippen molar-refractivity contribution in [3.8, 4) is 11.1 Å². The van der Waals surface area contributed by atoms with Gasteiger partial charge in [0.25, 0.3) is 0 Å². The van der Waals surface area contributed by atoms with Crippen molar-refractivity contribution < 1.29 is 9.59 Å². The number of carbonyl (C=O) groups excluding carboxylic acids is 2. The number of fused-ring (bicyclic) bond motifs is 3. The van der Waals surface area contributed by atoms with Crippen molar-refractivity contribution in [1.29, 1.82) is 0 Å². The molecule has 2 nitrogen and oxygen atoms in total. The number of benzene rings is 5. The molecule has 32 heavy (non-hydrogen) atoms. The molecule has 0 saturated carbocycles. The van der Waals surface area contributed by atoms with Crippen LogP contribution < -0.4 is 0 Å². The molecule has 154 valence electrons. The molecule has 0 bridgehead atoms. The van der Waals surface area contributed by atoms with E-state index in [1.54, 1.807) is 6.07 Å². The summed E-state index contributed by atoms with van der Waals surface area (Å²) in [5, 5.41) is 5.40. The summed E-state index contributed by atoms with van der Waals surface area (Å²) in [7, 11) is 0. The summed E-state index contributed by atoms with van der Waals surface area (Å²) in [6.07, 6.45) is 2.40. The third kappa shape index (κ3) is 3.70. The number of rotatable bonds is 5. The minimum Gasteiger partial charge on any atom is -0.298 e. The zero-order chi connectivity index (χ0) is 22.1. The first-order valence-electron chi connectivity index (χ1n) is 10.4. The zero-order valence-electron chi connectivity index (χ0n) is 17.2. The molecule has 5 rings (SSSR count). The fraction of sp³-hybridized carbons (Fsp3) is 0.0345. The highest BCUT2D eigenvalue weighted by atomic mass is 35.5. The Kier molecular flexibility index (Phi) is 5.30. The fourth-order valence-corrected chi connectivity index (χ4v) is 4.53. The largest absolute Gasteiger partial charge is 0.298 e. The normalized spacial score (nSPS) is 11.0. The molecule has 0 radical (unpaired) electrons. The molecule has 5 aromatic carbocycles. The number of hydrogen-bond acceptors (Lipinski definition) is 2. The van der Waals surface area contributed by atoms with Crippen LogP contribution in [-0.2, 0) is 6.42 Å². The summed E-state index contributed by atoms with van der Waals surface area (Å²) in [6.45, 7) is 0. The molecule has 5 aromatic rings. The van der Waals surface area contributed by atoms with Gasteiger partial charge in [-0.2, -0.15) is 0 Å². The lowest BCUT2D eigenvalue weighted by atomic mass is 9.92. The van der Waals surface area contributed by atoms with Crippen molar-refractivity contribution in [3.05, 3.63) is 118 Å². The molecule has 0 fully saturated rings. The van der Waals surface area contributed by atoms with Gasteiger partial charge in [0.05, 0.1) is 0 Å². The van der Waals surface area contributed by atoms with E-state index in [0.717, 1.165) is 39.7 Å². The number of carbonyl (C=O) groups is 2. The zero-order valence-corrected chi connectivity index (χ0v) is 18.0. The van der Waals surface area contributed by atoms with Crippen molar-refractivity contribution in [2.45, 2.75) is 6.42 Å². The first-order valence-corrected chi connectivity index (χ1v) is 10.8.